The molecule has 0 rings (SSSR count). The number of carbonyl (C=O) groups excluding carboxylic acids is 2. The van der Waals surface area contributed by atoms with E-state index in [0.717, 1.165) is 51.4 Å². The molecule has 0 radical (unpaired) electrons. The minimum absolute atomic E-state index is 0.0387. The van der Waals surface area contributed by atoms with Crippen molar-refractivity contribution in [3.8, 4) is 0 Å². The number of phosphoric acid groups is 1. The Kier molecular flexibility index (Phi) is 13.5. The number of esters is 1. The van der Waals surface area contributed by atoms with Gasteiger partial charge in [0.25, 0.3) is 0 Å². The van der Waals surface area contributed by atoms with Gasteiger partial charge in [-0.05, 0) is 19.8 Å². The van der Waals surface area contributed by atoms with E-state index in [1.807, 2.05) is 0 Å². The van der Waals surface area contributed by atoms with E-state index >= 15 is 0 Å². The summed E-state index contributed by atoms with van der Waals surface area (Å²) >= 11 is 0. The van der Waals surface area contributed by atoms with E-state index < -0.39 is 13.8 Å². The van der Waals surface area contributed by atoms with Gasteiger partial charge < -0.3 is 9.26 Å². The number of allylic oxidation sites excluding steroid dienone is 1. The first kappa shape index (κ1) is 22.8. The van der Waals surface area contributed by atoms with E-state index in [2.05, 4.69) is 4.52 Å². The molecule has 0 aliphatic carbocycles. The number of carbonyl (C=O) groups is 2. The second kappa shape index (κ2) is 14.2. The van der Waals surface area contributed by atoms with Gasteiger partial charge in [0.2, 0.25) is 0 Å². The zero-order valence-electron chi connectivity index (χ0n) is 14.3. The van der Waals surface area contributed by atoms with E-state index in [1.54, 1.807) is 13.0 Å². The topological polar surface area (TPSA) is 110 Å². The van der Waals surface area contributed by atoms with E-state index in [0.29, 0.717) is 13.0 Å². The van der Waals surface area contributed by atoms with Crippen LogP contribution in [0.15, 0.2) is 12.2 Å². The van der Waals surface area contributed by atoms with Gasteiger partial charge in [0, 0.05) is 12.5 Å². The van der Waals surface area contributed by atoms with E-state index in [4.69, 9.17) is 14.5 Å². The summed E-state index contributed by atoms with van der Waals surface area (Å²) in [5, 5.41) is 0. The molecular formula is C16H29O7P. The summed E-state index contributed by atoms with van der Waals surface area (Å²) in [6.07, 6.45) is 11.9. The van der Waals surface area contributed by atoms with Crippen LogP contribution in [0.5, 0.6) is 0 Å². The smallest absolute Gasteiger partial charge is 0.463 e. The summed E-state index contributed by atoms with van der Waals surface area (Å²) in [7, 11) is -4.69. The first-order chi connectivity index (χ1) is 11.3. The first-order valence-corrected chi connectivity index (χ1v) is 9.95. The molecule has 8 heteroatoms. The van der Waals surface area contributed by atoms with E-state index in [9.17, 15) is 14.2 Å². The highest BCUT2D eigenvalue weighted by Crippen LogP contribution is 2.36. The molecule has 0 unspecified atom stereocenters. The molecule has 0 aromatic carbocycles. The van der Waals surface area contributed by atoms with Crippen LogP contribution in [-0.4, -0.2) is 28.3 Å². The molecule has 0 fully saturated rings. The molecule has 0 aromatic rings. The van der Waals surface area contributed by atoms with E-state index in [-0.39, 0.29) is 12.4 Å². The fraction of sp³-hybridized carbons (Fsp3) is 0.750. The second-order valence-corrected chi connectivity index (χ2v) is 6.72. The van der Waals surface area contributed by atoms with Gasteiger partial charge in [0.15, 0.2) is 0 Å². The Morgan fingerprint density at radius 3 is 1.92 bits per heavy atom. The van der Waals surface area contributed by atoms with Crippen LogP contribution in [-0.2, 0) is 23.4 Å². The number of hydrogen-bond acceptors (Lipinski definition) is 5. The molecule has 7 nitrogen and oxygen atoms in total. The summed E-state index contributed by atoms with van der Waals surface area (Å²) in [6.45, 7) is 2.24. The second-order valence-electron chi connectivity index (χ2n) is 5.55. The molecule has 0 bridgehead atoms. The fourth-order valence-corrected chi connectivity index (χ4v) is 2.50. The van der Waals surface area contributed by atoms with Crippen LogP contribution >= 0.6 is 7.82 Å². The van der Waals surface area contributed by atoms with Gasteiger partial charge in [-0.3, -0.25) is 14.6 Å². The van der Waals surface area contributed by atoms with Crippen molar-refractivity contribution in [1.29, 1.82) is 0 Å². The van der Waals surface area contributed by atoms with Crippen molar-refractivity contribution < 1.29 is 33.2 Å². The highest BCUT2D eigenvalue weighted by atomic mass is 31.2. The first-order valence-electron chi connectivity index (χ1n) is 8.42. The largest absolute Gasteiger partial charge is 0.526 e. The van der Waals surface area contributed by atoms with Crippen LogP contribution in [0, 0.1) is 0 Å². The minimum Gasteiger partial charge on any atom is -0.463 e. The number of unbranched alkanes of at least 4 members (excludes halogenated alkanes) is 8. The van der Waals surface area contributed by atoms with Crippen LogP contribution in [0.25, 0.3) is 0 Å². The van der Waals surface area contributed by atoms with Crippen LogP contribution in [0.1, 0.15) is 71.1 Å². The molecule has 140 valence electrons. The van der Waals surface area contributed by atoms with E-state index in [1.165, 1.54) is 6.08 Å². The quantitative estimate of drug-likeness (QED) is 0.209. The molecule has 0 spiro atoms. The fourth-order valence-electron chi connectivity index (χ4n) is 2.14. The van der Waals surface area contributed by atoms with Gasteiger partial charge in [-0.15, -0.1) is 0 Å². The average Bonchev–Trinajstić information content (AvgIpc) is 2.46. The Labute approximate surface area is 143 Å². The molecule has 0 saturated carbocycles. The highest BCUT2D eigenvalue weighted by Gasteiger charge is 2.19. The summed E-state index contributed by atoms with van der Waals surface area (Å²) in [5.74, 6) is -1.14. The summed E-state index contributed by atoms with van der Waals surface area (Å²) < 4.78 is 19.4. The lowest BCUT2D eigenvalue weighted by Crippen LogP contribution is -2.02. The van der Waals surface area contributed by atoms with Gasteiger partial charge >= 0.3 is 19.8 Å². The van der Waals surface area contributed by atoms with Gasteiger partial charge in [-0.25, -0.2) is 9.36 Å². The van der Waals surface area contributed by atoms with Gasteiger partial charge in [-0.2, -0.15) is 0 Å². The van der Waals surface area contributed by atoms with Crippen LogP contribution in [0.3, 0.4) is 0 Å². The normalized spacial score (nSPS) is 11.6. The summed E-state index contributed by atoms with van der Waals surface area (Å²) in [6, 6.07) is 0. The lowest BCUT2D eigenvalue weighted by Gasteiger charge is -2.05. The predicted octanol–water partition coefficient (Wildman–Crippen LogP) is 3.64. The third kappa shape index (κ3) is 17.2. The summed E-state index contributed by atoms with van der Waals surface area (Å²) in [5.41, 5.74) is 0. The Balaban J connectivity index is 3.27. The molecule has 0 aliphatic rings. The Morgan fingerprint density at radius 1 is 0.917 bits per heavy atom. The van der Waals surface area contributed by atoms with Gasteiger partial charge in [0.05, 0.1) is 6.61 Å². The third-order valence-corrected chi connectivity index (χ3v) is 3.73. The standard InChI is InChI=1S/C16H29O7P/c1-2-12-15(17)22-14-11-9-7-5-3-4-6-8-10-13-16(18)23-24(19,20)21/h2,12H,3-11,13-14H2,1H3,(H2,19,20,21). The van der Waals surface area contributed by atoms with Crippen molar-refractivity contribution in [2.45, 2.75) is 71.1 Å². The lowest BCUT2D eigenvalue weighted by molar-refractivity contribution is -0.138. The number of phosphoric ester groups is 1. The zero-order chi connectivity index (χ0) is 18.3. The van der Waals surface area contributed by atoms with Crippen molar-refractivity contribution in [3.05, 3.63) is 12.2 Å². The molecule has 2 N–H and O–H groups in total. The maximum absolute atomic E-state index is 11.0. The SMILES string of the molecule is CC=CC(=O)OCCCCCCCCCCCC(=O)OP(=O)(O)O. The molecule has 0 aromatic heterocycles. The van der Waals surface area contributed by atoms with Crippen molar-refractivity contribution in [3.63, 3.8) is 0 Å². The van der Waals surface area contributed by atoms with Crippen molar-refractivity contribution in [2.24, 2.45) is 0 Å². The molecule has 0 aliphatic heterocycles. The maximum atomic E-state index is 11.0. The molecule has 0 atom stereocenters. The highest BCUT2D eigenvalue weighted by molar-refractivity contribution is 7.46. The average molecular weight is 364 g/mol. The Hall–Kier alpha value is -1.17. The third-order valence-electron chi connectivity index (χ3n) is 3.29. The van der Waals surface area contributed by atoms with Crippen molar-refractivity contribution in [1.82, 2.24) is 0 Å². The van der Waals surface area contributed by atoms with Crippen molar-refractivity contribution >= 4 is 19.8 Å². The molecular weight excluding hydrogens is 335 g/mol. The predicted molar refractivity (Wildman–Crippen MR) is 90.1 cm³/mol. The molecule has 0 amide bonds. The van der Waals surface area contributed by atoms with Gasteiger partial charge in [-0.1, -0.05) is 51.0 Å². The molecule has 0 saturated heterocycles. The molecule has 0 heterocycles. The van der Waals surface area contributed by atoms with Crippen molar-refractivity contribution in [2.75, 3.05) is 6.61 Å². The zero-order valence-corrected chi connectivity index (χ0v) is 15.2. The number of rotatable bonds is 14. The minimum atomic E-state index is -4.69. The van der Waals surface area contributed by atoms with Crippen LogP contribution < -0.4 is 0 Å². The Bertz CT molecular complexity index is 428. The maximum Gasteiger partial charge on any atom is 0.526 e. The Morgan fingerprint density at radius 2 is 1.42 bits per heavy atom. The number of hydrogen-bond donors (Lipinski definition) is 2. The lowest BCUT2D eigenvalue weighted by atomic mass is 10.1. The summed E-state index contributed by atoms with van der Waals surface area (Å²) in [4.78, 5) is 39.0. The van der Waals surface area contributed by atoms with Crippen LogP contribution in [0.4, 0.5) is 0 Å². The number of ether oxygens (including phenoxy) is 1. The van der Waals surface area contributed by atoms with Crippen LogP contribution in [0.2, 0.25) is 0 Å². The molecule has 24 heavy (non-hydrogen) atoms. The van der Waals surface area contributed by atoms with Gasteiger partial charge in [0.1, 0.15) is 0 Å². The monoisotopic (exact) mass is 364 g/mol.